The highest BCUT2D eigenvalue weighted by Gasteiger charge is 2.34. The lowest BCUT2D eigenvalue weighted by atomic mass is 10.1. The van der Waals surface area contributed by atoms with Gasteiger partial charge >= 0.3 is 0 Å². The summed E-state index contributed by atoms with van der Waals surface area (Å²) in [7, 11) is 1.57. The molecular weight excluding hydrogens is 142 g/mol. The van der Waals surface area contributed by atoms with E-state index in [1.807, 2.05) is 6.92 Å². The van der Waals surface area contributed by atoms with Crippen molar-refractivity contribution in [3.05, 3.63) is 0 Å². The van der Waals surface area contributed by atoms with Crippen molar-refractivity contribution >= 4 is 11.7 Å². The SMILES string of the molecule is CNC(=O)C1CC(C)CC1=O. The van der Waals surface area contributed by atoms with Crippen molar-refractivity contribution in [1.29, 1.82) is 0 Å². The van der Waals surface area contributed by atoms with E-state index < -0.39 is 0 Å². The maximum atomic E-state index is 11.1. The highest BCUT2D eigenvalue weighted by molar-refractivity contribution is 6.02. The summed E-state index contributed by atoms with van der Waals surface area (Å²) in [5.41, 5.74) is 0. The van der Waals surface area contributed by atoms with Gasteiger partial charge in [-0.2, -0.15) is 0 Å². The zero-order valence-electron chi connectivity index (χ0n) is 6.89. The molecule has 0 saturated heterocycles. The Morgan fingerprint density at radius 2 is 2.27 bits per heavy atom. The first-order valence-corrected chi connectivity index (χ1v) is 3.89. The van der Waals surface area contributed by atoms with Crippen LogP contribution in [0.1, 0.15) is 19.8 Å². The van der Waals surface area contributed by atoms with Gasteiger partial charge in [0.1, 0.15) is 5.78 Å². The van der Waals surface area contributed by atoms with E-state index >= 15 is 0 Å². The molecule has 0 aromatic rings. The number of Topliss-reactive ketones (excluding diaryl/α,β-unsaturated/α-hetero) is 1. The third-order valence-electron chi connectivity index (χ3n) is 2.14. The fraction of sp³-hybridized carbons (Fsp3) is 0.750. The van der Waals surface area contributed by atoms with Gasteiger partial charge in [0.2, 0.25) is 5.91 Å². The van der Waals surface area contributed by atoms with Gasteiger partial charge in [-0.15, -0.1) is 0 Å². The number of hydrogen-bond donors (Lipinski definition) is 1. The van der Waals surface area contributed by atoms with Gasteiger partial charge in [0.25, 0.3) is 0 Å². The highest BCUT2D eigenvalue weighted by atomic mass is 16.2. The largest absolute Gasteiger partial charge is 0.359 e. The lowest BCUT2D eigenvalue weighted by molar-refractivity contribution is -0.131. The number of carbonyl (C=O) groups excluding carboxylic acids is 2. The molecule has 0 heterocycles. The molecule has 0 aromatic heterocycles. The maximum absolute atomic E-state index is 11.1. The van der Waals surface area contributed by atoms with E-state index in [2.05, 4.69) is 5.32 Å². The van der Waals surface area contributed by atoms with Crippen molar-refractivity contribution in [2.75, 3.05) is 7.05 Å². The average Bonchev–Trinajstić information content (AvgIpc) is 2.28. The Kier molecular flexibility index (Phi) is 2.27. The van der Waals surface area contributed by atoms with E-state index in [4.69, 9.17) is 0 Å². The van der Waals surface area contributed by atoms with Gasteiger partial charge in [-0.05, 0) is 12.3 Å². The summed E-state index contributed by atoms with van der Waals surface area (Å²) in [5, 5.41) is 2.50. The van der Waals surface area contributed by atoms with Crippen molar-refractivity contribution in [2.45, 2.75) is 19.8 Å². The predicted molar refractivity (Wildman–Crippen MR) is 41.0 cm³/mol. The summed E-state index contributed by atoms with van der Waals surface area (Å²) in [5.74, 6) is -0.0176. The second kappa shape index (κ2) is 3.03. The third kappa shape index (κ3) is 1.59. The molecule has 0 radical (unpaired) electrons. The normalized spacial score (nSPS) is 30.5. The van der Waals surface area contributed by atoms with Crippen LogP contribution in [0.5, 0.6) is 0 Å². The Labute approximate surface area is 66.2 Å². The van der Waals surface area contributed by atoms with Gasteiger partial charge in [-0.3, -0.25) is 9.59 Å². The topological polar surface area (TPSA) is 46.2 Å². The Morgan fingerprint density at radius 1 is 1.64 bits per heavy atom. The zero-order valence-corrected chi connectivity index (χ0v) is 6.89. The molecule has 62 valence electrons. The molecule has 3 nitrogen and oxygen atoms in total. The van der Waals surface area contributed by atoms with Gasteiger partial charge in [-0.25, -0.2) is 0 Å². The Bertz CT molecular complexity index is 181. The number of carbonyl (C=O) groups is 2. The zero-order chi connectivity index (χ0) is 8.43. The van der Waals surface area contributed by atoms with Gasteiger partial charge in [-0.1, -0.05) is 6.92 Å². The number of amides is 1. The molecule has 1 saturated carbocycles. The summed E-state index contributed by atoms with van der Waals surface area (Å²) in [6, 6.07) is 0. The van der Waals surface area contributed by atoms with Gasteiger partial charge < -0.3 is 5.32 Å². The van der Waals surface area contributed by atoms with Crippen LogP contribution < -0.4 is 5.32 Å². The van der Waals surface area contributed by atoms with Crippen LogP contribution in [0.15, 0.2) is 0 Å². The average molecular weight is 155 g/mol. The molecule has 1 N–H and O–H groups in total. The molecule has 1 aliphatic rings. The Morgan fingerprint density at radius 3 is 2.64 bits per heavy atom. The molecule has 0 aromatic carbocycles. The highest BCUT2D eigenvalue weighted by Crippen LogP contribution is 2.26. The summed E-state index contributed by atoms with van der Waals surface area (Å²) >= 11 is 0. The van der Waals surface area contributed by atoms with Gasteiger partial charge in [0.05, 0.1) is 5.92 Å². The monoisotopic (exact) mass is 155 g/mol. The predicted octanol–water partition coefficient (Wildman–Crippen LogP) is 0.348. The van der Waals surface area contributed by atoms with E-state index in [9.17, 15) is 9.59 Å². The van der Waals surface area contributed by atoms with E-state index in [1.165, 1.54) is 0 Å². The number of rotatable bonds is 1. The lowest BCUT2D eigenvalue weighted by Crippen LogP contribution is -2.29. The van der Waals surface area contributed by atoms with Crippen LogP contribution in [0, 0.1) is 11.8 Å². The van der Waals surface area contributed by atoms with Crippen LogP contribution in [-0.4, -0.2) is 18.7 Å². The molecule has 0 aliphatic heterocycles. The van der Waals surface area contributed by atoms with Crippen molar-refractivity contribution in [2.24, 2.45) is 11.8 Å². The minimum absolute atomic E-state index is 0.0943. The van der Waals surface area contributed by atoms with Crippen molar-refractivity contribution in [3.63, 3.8) is 0 Å². The first-order chi connectivity index (χ1) is 5.15. The minimum Gasteiger partial charge on any atom is -0.359 e. The first-order valence-electron chi connectivity index (χ1n) is 3.89. The van der Waals surface area contributed by atoms with Crippen LogP contribution in [0.3, 0.4) is 0 Å². The first kappa shape index (κ1) is 8.24. The maximum Gasteiger partial charge on any atom is 0.230 e. The molecule has 11 heavy (non-hydrogen) atoms. The van der Waals surface area contributed by atoms with Crippen molar-refractivity contribution in [1.82, 2.24) is 5.32 Å². The van der Waals surface area contributed by atoms with E-state index in [0.29, 0.717) is 12.3 Å². The van der Waals surface area contributed by atoms with Crippen molar-refractivity contribution < 1.29 is 9.59 Å². The molecule has 0 bridgehead atoms. The Hall–Kier alpha value is -0.860. The van der Waals surface area contributed by atoms with Crippen LogP contribution in [0.25, 0.3) is 0 Å². The summed E-state index contributed by atoms with van der Waals surface area (Å²) in [4.78, 5) is 22.2. The quantitative estimate of drug-likeness (QED) is 0.555. The number of nitrogens with one attached hydrogen (secondary N) is 1. The number of ketones is 1. The summed E-state index contributed by atoms with van der Waals surface area (Å²) in [6.07, 6.45) is 1.29. The molecule has 2 unspecified atom stereocenters. The van der Waals surface area contributed by atoms with E-state index in [-0.39, 0.29) is 17.6 Å². The second-order valence-corrected chi connectivity index (χ2v) is 3.18. The van der Waals surface area contributed by atoms with Crippen LogP contribution in [0.2, 0.25) is 0 Å². The molecule has 3 heteroatoms. The minimum atomic E-state index is -0.366. The molecule has 2 atom stereocenters. The van der Waals surface area contributed by atoms with E-state index in [0.717, 1.165) is 6.42 Å². The molecular formula is C8H13NO2. The molecule has 0 spiro atoms. The smallest absolute Gasteiger partial charge is 0.230 e. The van der Waals surface area contributed by atoms with Gasteiger partial charge in [0, 0.05) is 13.5 Å². The lowest BCUT2D eigenvalue weighted by Gasteiger charge is -2.04. The molecule has 1 aliphatic carbocycles. The standard InChI is InChI=1S/C8H13NO2/c1-5-3-6(7(10)4-5)8(11)9-2/h5-6H,3-4H2,1-2H3,(H,9,11). The Balaban J connectivity index is 2.60. The molecule has 1 amide bonds. The molecule has 1 rings (SSSR count). The van der Waals surface area contributed by atoms with Crippen LogP contribution in [0.4, 0.5) is 0 Å². The summed E-state index contributed by atoms with van der Waals surface area (Å²) < 4.78 is 0. The van der Waals surface area contributed by atoms with Crippen LogP contribution in [-0.2, 0) is 9.59 Å². The number of hydrogen-bond acceptors (Lipinski definition) is 2. The summed E-state index contributed by atoms with van der Waals surface area (Å²) in [6.45, 7) is 2.00. The second-order valence-electron chi connectivity index (χ2n) is 3.18. The molecule has 1 fully saturated rings. The van der Waals surface area contributed by atoms with Crippen LogP contribution >= 0.6 is 0 Å². The third-order valence-corrected chi connectivity index (χ3v) is 2.14. The fourth-order valence-electron chi connectivity index (χ4n) is 1.53. The fourth-order valence-corrected chi connectivity index (χ4v) is 1.53. The van der Waals surface area contributed by atoms with E-state index in [1.54, 1.807) is 7.05 Å². The van der Waals surface area contributed by atoms with Gasteiger partial charge in [0.15, 0.2) is 0 Å². The van der Waals surface area contributed by atoms with Crippen molar-refractivity contribution in [3.8, 4) is 0 Å².